The summed E-state index contributed by atoms with van der Waals surface area (Å²) in [6.45, 7) is 0.880. The molecule has 0 aliphatic heterocycles. The molecule has 0 unspecified atom stereocenters. The van der Waals surface area contributed by atoms with Gasteiger partial charge >= 0.3 is 59.7 Å². The van der Waals surface area contributed by atoms with Crippen molar-refractivity contribution in [2.45, 2.75) is 30.9 Å². The zero-order chi connectivity index (χ0) is 6.24. The summed E-state index contributed by atoms with van der Waals surface area (Å²) in [6.07, 6.45) is 5.46. The van der Waals surface area contributed by atoms with Crippen LogP contribution in [-0.2, 0) is 0 Å². The first kappa shape index (κ1) is 8.50. The first-order valence-electron chi connectivity index (χ1n) is 3.62. The van der Waals surface area contributed by atoms with Gasteiger partial charge < -0.3 is 0 Å². The summed E-state index contributed by atoms with van der Waals surface area (Å²) >= 11 is 1.08. The third kappa shape index (κ3) is 6.50. The fraction of sp³-hybridized carbons (Fsp3) is 1.00. The summed E-state index contributed by atoms with van der Waals surface area (Å²) in [5, 5.41) is 1.51. The molecule has 2 N–H and O–H groups in total. The monoisotopic (exact) mass is 177 g/mol. The van der Waals surface area contributed by atoms with Crippen LogP contribution in [0.5, 0.6) is 0 Å². The number of unbranched alkanes of at least 4 members (excludes halogenated alkanes) is 3. The molecule has 0 bridgehead atoms. The van der Waals surface area contributed by atoms with E-state index < -0.39 is 0 Å². The van der Waals surface area contributed by atoms with Gasteiger partial charge in [-0.25, -0.2) is 0 Å². The topological polar surface area (TPSA) is 26.0 Å². The van der Waals surface area contributed by atoms with Gasteiger partial charge in [0.15, 0.2) is 0 Å². The molecule has 0 saturated carbocycles. The van der Waals surface area contributed by atoms with E-state index in [2.05, 4.69) is 0 Å². The van der Waals surface area contributed by atoms with Gasteiger partial charge in [-0.15, -0.1) is 0 Å². The molecule has 8 heavy (non-hydrogen) atoms. The predicted molar refractivity (Wildman–Crippen MR) is 42.3 cm³/mol. The van der Waals surface area contributed by atoms with Crippen molar-refractivity contribution < 1.29 is 0 Å². The zero-order valence-electron chi connectivity index (χ0n) is 5.82. The van der Waals surface area contributed by atoms with Crippen molar-refractivity contribution in [3.63, 3.8) is 0 Å². The van der Waals surface area contributed by atoms with Crippen LogP contribution in [0, 0.1) is 0 Å². The number of nitrogens with two attached hydrogens (primary N) is 1. The first-order chi connectivity index (χ1) is 3.91. The molecule has 1 nitrogen and oxygen atoms in total. The predicted octanol–water partition coefficient (Wildman–Crippen LogP) is 0.289. The van der Waals surface area contributed by atoms with Crippen LogP contribution in [0.25, 0.3) is 0 Å². The SMILES string of the molecule is NCCCCC[CH2][GeH3]. The standard InChI is InChI=1S/C6H17GeN/c7-5-3-1-2-4-6-8/h1-6,8H2,7H3. The van der Waals surface area contributed by atoms with Crippen molar-refractivity contribution in [1.82, 2.24) is 0 Å². The summed E-state index contributed by atoms with van der Waals surface area (Å²) in [5.41, 5.74) is 5.32. The van der Waals surface area contributed by atoms with Gasteiger partial charge in [-0.2, -0.15) is 0 Å². The van der Waals surface area contributed by atoms with Gasteiger partial charge in [-0.1, -0.05) is 0 Å². The van der Waals surface area contributed by atoms with Crippen molar-refractivity contribution >= 4 is 16.5 Å². The Morgan fingerprint density at radius 1 is 1.00 bits per heavy atom. The van der Waals surface area contributed by atoms with Crippen LogP contribution >= 0.6 is 0 Å². The quantitative estimate of drug-likeness (QED) is 0.472. The van der Waals surface area contributed by atoms with E-state index in [4.69, 9.17) is 5.73 Å². The Morgan fingerprint density at radius 3 is 2.12 bits per heavy atom. The molecule has 0 atom stereocenters. The Morgan fingerprint density at radius 2 is 1.62 bits per heavy atom. The normalized spacial score (nSPS) is 10.1. The van der Waals surface area contributed by atoms with Crippen LogP contribution in [0.15, 0.2) is 0 Å². The van der Waals surface area contributed by atoms with E-state index in [0.29, 0.717) is 0 Å². The first-order valence-corrected chi connectivity index (χ1v) is 6.58. The van der Waals surface area contributed by atoms with Crippen LogP contribution in [0.3, 0.4) is 0 Å². The molecule has 50 valence electrons. The van der Waals surface area contributed by atoms with Gasteiger partial charge in [-0.05, 0) is 0 Å². The summed E-state index contributed by atoms with van der Waals surface area (Å²) in [6, 6.07) is 0. The summed E-state index contributed by atoms with van der Waals surface area (Å²) < 4.78 is 0. The van der Waals surface area contributed by atoms with Crippen molar-refractivity contribution in [3.05, 3.63) is 0 Å². The van der Waals surface area contributed by atoms with E-state index in [1.54, 1.807) is 0 Å². The van der Waals surface area contributed by atoms with Gasteiger partial charge in [-0.3, -0.25) is 0 Å². The van der Waals surface area contributed by atoms with Crippen molar-refractivity contribution in [3.8, 4) is 0 Å². The Balaban J connectivity index is 2.53. The third-order valence-corrected chi connectivity index (χ3v) is 2.79. The van der Waals surface area contributed by atoms with E-state index in [-0.39, 0.29) is 0 Å². The number of hydrogen-bond donors (Lipinski definition) is 1. The Kier molecular flexibility index (Phi) is 7.97. The van der Waals surface area contributed by atoms with Gasteiger partial charge in [0.2, 0.25) is 0 Å². The van der Waals surface area contributed by atoms with Crippen LogP contribution in [-0.4, -0.2) is 23.1 Å². The van der Waals surface area contributed by atoms with Crippen molar-refractivity contribution in [2.75, 3.05) is 6.54 Å². The number of rotatable bonds is 5. The molecule has 0 radical (unpaired) electrons. The molecular formula is C6H17GeN. The summed E-state index contributed by atoms with van der Waals surface area (Å²) in [7, 11) is 0. The molecule has 0 heterocycles. The second-order valence-electron chi connectivity index (χ2n) is 2.20. The molecule has 0 aliphatic rings. The van der Waals surface area contributed by atoms with E-state index in [9.17, 15) is 0 Å². The third-order valence-electron chi connectivity index (χ3n) is 1.31. The van der Waals surface area contributed by atoms with E-state index >= 15 is 0 Å². The minimum atomic E-state index is 0.880. The number of hydrogen-bond acceptors (Lipinski definition) is 1. The maximum absolute atomic E-state index is 5.32. The van der Waals surface area contributed by atoms with Crippen molar-refractivity contribution in [2.24, 2.45) is 5.73 Å². The van der Waals surface area contributed by atoms with E-state index in [1.807, 2.05) is 0 Å². The molecule has 0 fully saturated rings. The van der Waals surface area contributed by atoms with Gasteiger partial charge in [0, 0.05) is 0 Å². The molecule has 0 amide bonds. The molecule has 0 aromatic carbocycles. The second-order valence-corrected chi connectivity index (χ2v) is 4.30. The van der Waals surface area contributed by atoms with Crippen LogP contribution in [0.2, 0.25) is 5.25 Å². The molecule has 0 aliphatic carbocycles. The van der Waals surface area contributed by atoms with E-state index in [1.165, 1.54) is 30.9 Å². The molecule has 0 saturated heterocycles. The molecule has 2 heteroatoms. The average molecular weight is 176 g/mol. The molecule has 0 aromatic rings. The Hall–Kier alpha value is 0.503. The second kappa shape index (κ2) is 7.50. The average Bonchev–Trinajstić information content (AvgIpc) is 1.81. The van der Waals surface area contributed by atoms with Gasteiger partial charge in [0.1, 0.15) is 0 Å². The maximum atomic E-state index is 5.32. The molecule has 0 spiro atoms. The molecular weight excluding hydrogens is 159 g/mol. The summed E-state index contributed by atoms with van der Waals surface area (Å²) in [4.78, 5) is 0. The van der Waals surface area contributed by atoms with Crippen LogP contribution in [0.4, 0.5) is 0 Å². The summed E-state index contributed by atoms with van der Waals surface area (Å²) in [5.74, 6) is 0. The van der Waals surface area contributed by atoms with Crippen LogP contribution in [0.1, 0.15) is 25.7 Å². The van der Waals surface area contributed by atoms with Crippen LogP contribution < -0.4 is 5.73 Å². The fourth-order valence-corrected chi connectivity index (χ4v) is 1.80. The Labute approximate surface area is 60.2 Å². The van der Waals surface area contributed by atoms with Crippen molar-refractivity contribution in [1.29, 1.82) is 0 Å². The Bertz CT molecular complexity index is 33.5. The molecule has 0 aromatic heterocycles. The molecule has 0 rings (SSSR count). The van der Waals surface area contributed by atoms with Gasteiger partial charge in [0.05, 0.1) is 0 Å². The fourth-order valence-electron chi connectivity index (χ4n) is 0.748. The minimum absolute atomic E-state index is 0.880. The zero-order valence-corrected chi connectivity index (χ0v) is 10.0. The van der Waals surface area contributed by atoms with E-state index in [0.717, 1.165) is 23.1 Å². The van der Waals surface area contributed by atoms with Gasteiger partial charge in [0.25, 0.3) is 0 Å².